The van der Waals surface area contributed by atoms with Crippen molar-refractivity contribution in [1.29, 1.82) is 0 Å². The molecular formula is C10H20N2O5. The Hall–Kier alpha value is -1.34. The summed E-state index contributed by atoms with van der Waals surface area (Å²) in [7, 11) is 1.53. The maximum atomic E-state index is 11.4. The highest BCUT2D eigenvalue weighted by atomic mass is 16.5. The maximum Gasteiger partial charge on any atom is 0.332 e. The highest BCUT2D eigenvalue weighted by Gasteiger charge is 2.20. The van der Waals surface area contributed by atoms with E-state index in [1.54, 1.807) is 13.8 Å². The first kappa shape index (κ1) is 15.7. The van der Waals surface area contributed by atoms with Crippen molar-refractivity contribution in [3.8, 4) is 0 Å². The third-order valence-electron chi connectivity index (χ3n) is 1.95. The molecule has 17 heavy (non-hydrogen) atoms. The monoisotopic (exact) mass is 248 g/mol. The number of hydrogen-bond acceptors (Lipinski definition) is 4. The zero-order valence-electron chi connectivity index (χ0n) is 10.3. The molecule has 100 valence electrons. The second-order valence-electron chi connectivity index (χ2n) is 4.34. The Morgan fingerprint density at radius 1 is 1.41 bits per heavy atom. The lowest BCUT2D eigenvalue weighted by atomic mass is 10.1. The number of urea groups is 1. The van der Waals surface area contributed by atoms with E-state index in [2.05, 4.69) is 10.6 Å². The molecule has 0 saturated heterocycles. The molecule has 4 N–H and O–H groups in total. The van der Waals surface area contributed by atoms with Crippen LogP contribution in [0.4, 0.5) is 4.79 Å². The molecule has 0 spiro atoms. The van der Waals surface area contributed by atoms with Gasteiger partial charge in [0.2, 0.25) is 0 Å². The minimum absolute atomic E-state index is 0.0343. The van der Waals surface area contributed by atoms with Crippen molar-refractivity contribution >= 4 is 12.0 Å². The molecule has 1 atom stereocenters. The fourth-order valence-corrected chi connectivity index (χ4v) is 1.19. The van der Waals surface area contributed by atoms with E-state index < -0.39 is 23.6 Å². The van der Waals surface area contributed by atoms with Crippen molar-refractivity contribution in [2.45, 2.75) is 31.9 Å². The van der Waals surface area contributed by atoms with Crippen molar-refractivity contribution in [3.63, 3.8) is 0 Å². The third kappa shape index (κ3) is 7.53. The van der Waals surface area contributed by atoms with Crippen LogP contribution >= 0.6 is 0 Å². The number of carboxylic acids is 1. The van der Waals surface area contributed by atoms with Gasteiger partial charge in [-0.15, -0.1) is 0 Å². The van der Waals surface area contributed by atoms with Gasteiger partial charge in [0.05, 0.1) is 12.1 Å². The number of carboxylic acid groups (broad SMARTS) is 1. The van der Waals surface area contributed by atoms with Crippen LogP contribution in [-0.4, -0.2) is 54.1 Å². The molecule has 0 heterocycles. The second kappa shape index (κ2) is 7.08. The number of nitrogens with one attached hydrogen (secondary N) is 2. The molecule has 0 aliphatic heterocycles. The summed E-state index contributed by atoms with van der Waals surface area (Å²) in [6, 6.07) is -0.426. The van der Waals surface area contributed by atoms with Crippen molar-refractivity contribution in [2.24, 2.45) is 0 Å². The largest absolute Gasteiger partial charge is 0.479 e. The van der Waals surface area contributed by atoms with Crippen LogP contribution in [0.15, 0.2) is 0 Å². The van der Waals surface area contributed by atoms with E-state index in [-0.39, 0.29) is 13.0 Å². The minimum atomic E-state index is -1.46. The summed E-state index contributed by atoms with van der Waals surface area (Å²) in [6.45, 7) is 4.03. The van der Waals surface area contributed by atoms with Gasteiger partial charge in [-0.05, 0) is 13.8 Å². The van der Waals surface area contributed by atoms with Crippen molar-refractivity contribution in [1.82, 2.24) is 10.6 Å². The van der Waals surface area contributed by atoms with E-state index >= 15 is 0 Å². The van der Waals surface area contributed by atoms with Gasteiger partial charge in [-0.1, -0.05) is 0 Å². The van der Waals surface area contributed by atoms with Gasteiger partial charge in [0.15, 0.2) is 6.10 Å². The molecule has 0 radical (unpaired) electrons. The molecule has 0 aromatic carbocycles. The number of rotatable bonds is 7. The summed E-state index contributed by atoms with van der Waals surface area (Å²) < 4.78 is 4.92. The van der Waals surface area contributed by atoms with Crippen LogP contribution in [0.25, 0.3) is 0 Å². The highest BCUT2D eigenvalue weighted by Crippen LogP contribution is 2.01. The van der Waals surface area contributed by atoms with Crippen LogP contribution in [-0.2, 0) is 9.53 Å². The zero-order valence-corrected chi connectivity index (χ0v) is 10.3. The Bertz CT molecular complexity index is 267. The summed E-state index contributed by atoms with van der Waals surface area (Å²) in [5.74, 6) is -1.30. The molecule has 0 aromatic rings. The van der Waals surface area contributed by atoms with Crippen LogP contribution in [0.2, 0.25) is 0 Å². The number of hydrogen-bond donors (Lipinski definition) is 4. The van der Waals surface area contributed by atoms with Gasteiger partial charge in [-0.2, -0.15) is 0 Å². The third-order valence-corrected chi connectivity index (χ3v) is 1.95. The van der Waals surface area contributed by atoms with Crippen molar-refractivity contribution in [2.75, 3.05) is 20.3 Å². The molecule has 0 saturated carbocycles. The molecule has 0 aromatic heterocycles. The van der Waals surface area contributed by atoms with Gasteiger partial charge in [-0.3, -0.25) is 0 Å². The Balaban J connectivity index is 3.84. The topological polar surface area (TPSA) is 108 Å². The number of aliphatic carboxylic acids is 1. The van der Waals surface area contributed by atoms with Gasteiger partial charge < -0.3 is 25.6 Å². The normalized spacial score (nSPS) is 12.9. The molecule has 2 amide bonds. The Labute approximate surface area is 100 Å². The van der Waals surface area contributed by atoms with Crippen LogP contribution < -0.4 is 10.6 Å². The first-order valence-electron chi connectivity index (χ1n) is 5.24. The fourth-order valence-electron chi connectivity index (χ4n) is 1.19. The van der Waals surface area contributed by atoms with Crippen LogP contribution in [0.5, 0.6) is 0 Å². The van der Waals surface area contributed by atoms with Gasteiger partial charge in [-0.25, -0.2) is 9.59 Å². The highest BCUT2D eigenvalue weighted by molar-refractivity contribution is 5.75. The minimum Gasteiger partial charge on any atom is -0.479 e. The fraction of sp³-hybridized carbons (Fsp3) is 0.800. The number of methoxy groups -OCH3 is 1. The molecule has 7 nitrogen and oxygen atoms in total. The maximum absolute atomic E-state index is 11.4. The second-order valence-corrected chi connectivity index (χ2v) is 4.34. The Morgan fingerprint density at radius 3 is 2.47 bits per heavy atom. The summed E-state index contributed by atoms with van der Waals surface area (Å²) in [5.41, 5.74) is -0.510. The molecular weight excluding hydrogens is 228 g/mol. The summed E-state index contributed by atoms with van der Waals surface area (Å²) in [6.07, 6.45) is -1.49. The first-order valence-corrected chi connectivity index (χ1v) is 5.24. The molecule has 0 aliphatic carbocycles. The zero-order chi connectivity index (χ0) is 13.5. The quantitative estimate of drug-likeness (QED) is 0.488. The number of ether oxygens (including phenoxy) is 1. The van der Waals surface area contributed by atoms with E-state index in [0.717, 1.165) is 0 Å². The van der Waals surface area contributed by atoms with E-state index in [4.69, 9.17) is 14.9 Å². The predicted molar refractivity (Wildman–Crippen MR) is 60.7 cm³/mol. The molecule has 0 unspecified atom stereocenters. The SMILES string of the molecule is COCC(C)(C)NC(=O)NCC[C@H](O)C(=O)O. The van der Waals surface area contributed by atoms with Crippen LogP contribution in [0.1, 0.15) is 20.3 Å². The van der Waals surface area contributed by atoms with E-state index in [9.17, 15) is 9.59 Å². The standard InChI is InChI=1S/C10H20N2O5/c1-10(2,6-17-3)12-9(16)11-5-4-7(13)8(14)15/h7,13H,4-6H2,1-3H3,(H,14,15)(H2,11,12,16)/t7-/m0/s1. The number of carbonyl (C=O) groups excluding carboxylic acids is 1. The van der Waals surface area contributed by atoms with Gasteiger partial charge in [0, 0.05) is 20.1 Å². The number of aliphatic hydroxyl groups is 1. The van der Waals surface area contributed by atoms with Gasteiger partial charge in [0.25, 0.3) is 0 Å². The lowest BCUT2D eigenvalue weighted by Crippen LogP contribution is -2.51. The van der Waals surface area contributed by atoms with E-state index in [0.29, 0.717) is 6.61 Å². The lowest BCUT2D eigenvalue weighted by Gasteiger charge is -2.25. The van der Waals surface area contributed by atoms with E-state index in [1.165, 1.54) is 7.11 Å². The molecule has 0 rings (SSSR count). The molecule has 0 fully saturated rings. The van der Waals surface area contributed by atoms with Crippen molar-refractivity contribution in [3.05, 3.63) is 0 Å². The van der Waals surface area contributed by atoms with Crippen LogP contribution in [0, 0.1) is 0 Å². The molecule has 0 bridgehead atoms. The van der Waals surface area contributed by atoms with E-state index in [1.807, 2.05) is 0 Å². The average Bonchev–Trinajstić information content (AvgIpc) is 2.15. The Morgan fingerprint density at radius 2 is 2.00 bits per heavy atom. The molecule has 7 heteroatoms. The number of amides is 2. The average molecular weight is 248 g/mol. The van der Waals surface area contributed by atoms with Crippen LogP contribution in [0.3, 0.4) is 0 Å². The summed E-state index contributed by atoms with van der Waals surface area (Å²) in [5, 5.41) is 22.5. The summed E-state index contributed by atoms with van der Waals surface area (Å²) in [4.78, 5) is 21.7. The first-order chi connectivity index (χ1) is 7.78. The van der Waals surface area contributed by atoms with Crippen molar-refractivity contribution < 1.29 is 24.5 Å². The number of carbonyl (C=O) groups is 2. The smallest absolute Gasteiger partial charge is 0.332 e. The number of aliphatic hydroxyl groups excluding tert-OH is 1. The molecule has 0 aliphatic rings. The Kier molecular flexibility index (Phi) is 6.52. The van der Waals surface area contributed by atoms with Gasteiger partial charge >= 0.3 is 12.0 Å². The lowest BCUT2D eigenvalue weighted by molar-refractivity contribution is -0.146. The predicted octanol–water partition coefficient (Wildman–Crippen LogP) is -0.454. The van der Waals surface area contributed by atoms with Gasteiger partial charge in [0.1, 0.15) is 0 Å². The summed E-state index contributed by atoms with van der Waals surface area (Å²) >= 11 is 0.